The van der Waals surface area contributed by atoms with Gasteiger partial charge in [0.05, 0.1) is 23.8 Å². The van der Waals surface area contributed by atoms with Crippen molar-refractivity contribution in [1.82, 2.24) is 9.97 Å². The van der Waals surface area contributed by atoms with Crippen molar-refractivity contribution in [3.05, 3.63) is 40.3 Å². The Hall–Kier alpha value is -1.72. The Morgan fingerprint density at radius 3 is 3.13 bits per heavy atom. The molecule has 0 radical (unpaired) electrons. The van der Waals surface area contributed by atoms with Gasteiger partial charge in [-0.3, -0.25) is 4.79 Å². The zero-order chi connectivity index (χ0) is 10.7. The Balaban J connectivity index is 2.39. The Morgan fingerprint density at radius 2 is 2.33 bits per heavy atom. The fourth-order valence-electron chi connectivity index (χ4n) is 1.42. The molecule has 0 saturated heterocycles. The lowest BCUT2D eigenvalue weighted by atomic mass is 10.1. The van der Waals surface area contributed by atoms with Crippen LogP contribution in [0.5, 0.6) is 0 Å². The van der Waals surface area contributed by atoms with Crippen molar-refractivity contribution < 1.29 is 4.84 Å². The Labute approximate surface area is 85.9 Å². The van der Waals surface area contributed by atoms with Crippen LogP contribution < -0.4 is 11.5 Å². The molecule has 1 aromatic carbocycles. The fourth-order valence-corrected chi connectivity index (χ4v) is 1.42. The van der Waals surface area contributed by atoms with Gasteiger partial charge in [-0.25, -0.2) is 10.9 Å². The van der Waals surface area contributed by atoms with Crippen molar-refractivity contribution in [2.45, 2.75) is 6.42 Å². The number of aromatic amines is 1. The van der Waals surface area contributed by atoms with E-state index in [2.05, 4.69) is 14.8 Å². The van der Waals surface area contributed by atoms with Crippen molar-refractivity contribution in [1.29, 1.82) is 0 Å². The summed E-state index contributed by atoms with van der Waals surface area (Å²) in [4.78, 5) is 22.2. The molecule has 2 aromatic rings. The van der Waals surface area contributed by atoms with Gasteiger partial charge in [-0.1, -0.05) is 6.07 Å². The van der Waals surface area contributed by atoms with Crippen LogP contribution in [-0.2, 0) is 11.3 Å². The van der Waals surface area contributed by atoms with Crippen LogP contribution in [-0.4, -0.2) is 16.6 Å². The van der Waals surface area contributed by atoms with Gasteiger partial charge in [0.1, 0.15) is 0 Å². The molecule has 3 N–H and O–H groups in total. The summed E-state index contributed by atoms with van der Waals surface area (Å²) in [7, 11) is 0. The molecule has 0 unspecified atom stereocenters. The van der Waals surface area contributed by atoms with Crippen molar-refractivity contribution in [3.8, 4) is 0 Å². The third-order valence-electron chi connectivity index (χ3n) is 2.15. The van der Waals surface area contributed by atoms with Gasteiger partial charge in [-0.05, 0) is 24.1 Å². The minimum atomic E-state index is -0.194. The summed E-state index contributed by atoms with van der Waals surface area (Å²) >= 11 is 0. The van der Waals surface area contributed by atoms with E-state index in [1.165, 1.54) is 6.20 Å². The Bertz CT molecular complexity index is 521. The third-order valence-corrected chi connectivity index (χ3v) is 2.15. The summed E-state index contributed by atoms with van der Waals surface area (Å²) < 4.78 is 0. The maximum atomic E-state index is 11.0. The molecule has 78 valence electrons. The number of nitrogens with two attached hydrogens (primary N) is 1. The van der Waals surface area contributed by atoms with Gasteiger partial charge in [0.25, 0.3) is 5.56 Å². The van der Waals surface area contributed by atoms with Gasteiger partial charge in [-0.2, -0.15) is 0 Å². The van der Waals surface area contributed by atoms with Crippen molar-refractivity contribution in [2.24, 2.45) is 5.90 Å². The number of fused-ring (bicyclic) bond motifs is 1. The lowest BCUT2D eigenvalue weighted by Gasteiger charge is -2.01. The van der Waals surface area contributed by atoms with E-state index in [9.17, 15) is 4.79 Å². The van der Waals surface area contributed by atoms with Crippen molar-refractivity contribution >= 4 is 11.0 Å². The minimum Gasteiger partial charge on any atom is -0.319 e. The molecule has 0 atom stereocenters. The summed E-state index contributed by atoms with van der Waals surface area (Å²) in [5.74, 6) is 4.95. The first-order chi connectivity index (χ1) is 7.29. The minimum absolute atomic E-state index is 0.194. The zero-order valence-electron chi connectivity index (χ0n) is 8.06. The number of benzene rings is 1. The molecule has 0 amide bonds. The van der Waals surface area contributed by atoms with Gasteiger partial charge in [-0.15, -0.1) is 0 Å². The summed E-state index contributed by atoms with van der Waals surface area (Å²) in [6.07, 6.45) is 2.00. The molecule has 1 aromatic heterocycles. The SMILES string of the molecule is NOCCc1ccc2[nH]c(=O)cnc2c1. The Kier molecular flexibility index (Phi) is 2.75. The molecule has 0 aliphatic heterocycles. The maximum absolute atomic E-state index is 11.0. The summed E-state index contributed by atoms with van der Waals surface area (Å²) in [5.41, 5.74) is 2.39. The first kappa shape index (κ1) is 9.82. The van der Waals surface area contributed by atoms with E-state index in [1.807, 2.05) is 18.2 Å². The van der Waals surface area contributed by atoms with Crippen LogP contribution in [0.2, 0.25) is 0 Å². The van der Waals surface area contributed by atoms with E-state index in [1.54, 1.807) is 0 Å². The number of nitrogens with zero attached hydrogens (tertiary/aromatic N) is 1. The zero-order valence-corrected chi connectivity index (χ0v) is 8.06. The summed E-state index contributed by atoms with van der Waals surface area (Å²) in [5, 5.41) is 0. The lowest BCUT2D eigenvalue weighted by molar-refractivity contribution is 0.141. The molecule has 0 bridgehead atoms. The molecule has 0 aliphatic rings. The topological polar surface area (TPSA) is 81.0 Å². The number of hydrogen-bond acceptors (Lipinski definition) is 4. The van der Waals surface area contributed by atoms with Crippen LogP contribution >= 0.6 is 0 Å². The summed E-state index contributed by atoms with van der Waals surface area (Å²) in [6, 6.07) is 5.65. The third kappa shape index (κ3) is 2.20. The van der Waals surface area contributed by atoms with Crippen LogP contribution in [0.25, 0.3) is 11.0 Å². The van der Waals surface area contributed by atoms with E-state index < -0.39 is 0 Å². The van der Waals surface area contributed by atoms with Gasteiger partial charge >= 0.3 is 0 Å². The van der Waals surface area contributed by atoms with Gasteiger partial charge in [0, 0.05) is 0 Å². The second-order valence-corrected chi connectivity index (χ2v) is 3.22. The first-order valence-corrected chi connectivity index (χ1v) is 4.59. The number of nitrogens with one attached hydrogen (secondary N) is 1. The predicted octanol–water partition coefficient (Wildman–Crippen LogP) is 0.356. The lowest BCUT2D eigenvalue weighted by Crippen LogP contribution is -2.06. The standard InChI is InChI=1S/C10H11N3O2/c11-15-4-3-7-1-2-8-9(5-7)12-6-10(14)13-8/h1-2,5-6H,3-4,11H2,(H,13,14). The van der Waals surface area contributed by atoms with Crippen LogP contribution in [0.15, 0.2) is 29.2 Å². The van der Waals surface area contributed by atoms with E-state index in [0.29, 0.717) is 6.61 Å². The molecule has 5 heteroatoms. The van der Waals surface area contributed by atoms with E-state index in [4.69, 9.17) is 5.90 Å². The maximum Gasteiger partial charge on any atom is 0.266 e. The molecule has 15 heavy (non-hydrogen) atoms. The molecule has 0 fully saturated rings. The number of H-pyrrole nitrogens is 1. The molecular weight excluding hydrogens is 194 g/mol. The van der Waals surface area contributed by atoms with E-state index in [-0.39, 0.29) is 5.56 Å². The molecule has 1 heterocycles. The Morgan fingerprint density at radius 1 is 1.47 bits per heavy atom. The van der Waals surface area contributed by atoms with E-state index >= 15 is 0 Å². The second-order valence-electron chi connectivity index (χ2n) is 3.22. The molecule has 0 saturated carbocycles. The highest BCUT2D eigenvalue weighted by molar-refractivity contribution is 5.74. The van der Waals surface area contributed by atoms with Crippen molar-refractivity contribution in [3.63, 3.8) is 0 Å². The highest BCUT2D eigenvalue weighted by Gasteiger charge is 1.98. The average Bonchev–Trinajstić information content (AvgIpc) is 2.26. The van der Waals surface area contributed by atoms with Gasteiger partial charge in [0.15, 0.2) is 0 Å². The smallest absolute Gasteiger partial charge is 0.266 e. The number of aromatic nitrogens is 2. The first-order valence-electron chi connectivity index (χ1n) is 4.59. The van der Waals surface area contributed by atoms with Gasteiger partial charge < -0.3 is 9.82 Å². The average molecular weight is 205 g/mol. The largest absolute Gasteiger partial charge is 0.319 e. The second kappa shape index (κ2) is 4.20. The predicted molar refractivity (Wildman–Crippen MR) is 56.2 cm³/mol. The normalized spacial score (nSPS) is 10.7. The molecular formula is C10H11N3O2. The molecule has 0 aliphatic carbocycles. The number of rotatable bonds is 3. The van der Waals surface area contributed by atoms with Crippen LogP contribution in [0.4, 0.5) is 0 Å². The van der Waals surface area contributed by atoms with Gasteiger partial charge in [0.2, 0.25) is 0 Å². The summed E-state index contributed by atoms with van der Waals surface area (Å²) in [6.45, 7) is 0.467. The fraction of sp³-hybridized carbons (Fsp3) is 0.200. The highest BCUT2D eigenvalue weighted by atomic mass is 16.6. The van der Waals surface area contributed by atoms with E-state index in [0.717, 1.165) is 23.0 Å². The van der Waals surface area contributed by atoms with Crippen LogP contribution in [0.3, 0.4) is 0 Å². The molecule has 5 nitrogen and oxygen atoms in total. The quantitative estimate of drug-likeness (QED) is 0.709. The van der Waals surface area contributed by atoms with Crippen molar-refractivity contribution in [2.75, 3.05) is 6.61 Å². The highest BCUT2D eigenvalue weighted by Crippen LogP contribution is 2.10. The molecule has 0 spiro atoms. The number of hydrogen-bond donors (Lipinski definition) is 2. The van der Waals surface area contributed by atoms with Crippen LogP contribution in [0, 0.1) is 0 Å². The van der Waals surface area contributed by atoms with Crippen LogP contribution in [0.1, 0.15) is 5.56 Å². The molecule has 2 rings (SSSR count). The monoisotopic (exact) mass is 205 g/mol.